The standard InChI is InChI=1S/C16H23NO/c1-8-6-12(9(2)18-8)16(17-3)15-13-10-4-5-11(7-10)14(13)15/h6,10-11,13-17H,4-5,7H2,1-3H3. The van der Waals surface area contributed by atoms with Crippen LogP contribution in [0.1, 0.15) is 42.4 Å². The molecule has 2 bridgehead atoms. The molecule has 1 aromatic heterocycles. The molecule has 5 unspecified atom stereocenters. The zero-order valence-corrected chi connectivity index (χ0v) is 11.6. The van der Waals surface area contributed by atoms with Gasteiger partial charge in [0.1, 0.15) is 11.5 Å². The molecule has 0 amide bonds. The molecule has 5 atom stereocenters. The van der Waals surface area contributed by atoms with Crippen molar-refractivity contribution in [2.75, 3.05) is 7.05 Å². The second-order valence-electron chi connectivity index (χ2n) is 6.70. The first kappa shape index (κ1) is 11.1. The van der Waals surface area contributed by atoms with E-state index < -0.39 is 0 Å². The van der Waals surface area contributed by atoms with E-state index in [0.717, 1.165) is 41.1 Å². The van der Waals surface area contributed by atoms with Crippen LogP contribution in [-0.4, -0.2) is 7.05 Å². The van der Waals surface area contributed by atoms with E-state index in [0.29, 0.717) is 6.04 Å². The van der Waals surface area contributed by atoms with Gasteiger partial charge in [0.2, 0.25) is 0 Å². The summed E-state index contributed by atoms with van der Waals surface area (Å²) in [6, 6.07) is 2.77. The molecule has 0 spiro atoms. The monoisotopic (exact) mass is 245 g/mol. The molecule has 2 heteroatoms. The van der Waals surface area contributed by atoms with Gasteiger partial charge in [0.15, 0.2) is 0 Å². The Kier molecular flexibility index (Phi) is 2.24. The van der Waals surface area contributed by atoms with Gasteiger partial charge >= 0.3 is 0 Å². The van der Waals surface area contributed by atoms with Crippen molar-refractivity contribution in [1.29, 1.82) is 0 Å². The molecule has 3 fully saturated rings. The highest BCUT2D eigenvalue weighted by Gasteiger charge is 2.66. The summed E-state index contributed by atoms with van der Waals surface area (Å²) in [5.74, 6) is 7.20. The van der Waals surface area contributed by atoms with Gasteiger partial charge in [-0.15, -0.1) is 0 Å². The van der Waals surface area contributed by atoms with Gasteiger partial charge in [-0.05, 0) is 75.8 Å². The van der Waals surface area contributed by atoms with Gasteiger partial charge in [-0.2, -0.15) is 0 Å². The van der Waals surface area contributed by atoms with E-state index in [-0.39, 0.29) is 0 Å². The lowest BCUT2D eigenvalue weighted by molar-refractivity contribution is 0.380. The first-order valence-electron chi connectivity index (χ1n) is 7.45. The Hall–Kier alpha value is -0.760. The van der Waals surface area contributed by atoms with Gasteiger partial charge < -0.3 is 9.73 Å². The summed E-state index contributed by atoms with van der Waals surface area (Å²) in [5, 5.41) is 3.57. The van der Waals surface area contributed by atoms with Gasteiger partial charge in [-0.25, -0.2) is 0 Å². The summed E-state index contributed by atoms with van der Waals surface area (Å²) in [4.78, 5) is 0. The molecule has 4 rings (SSSR count). The normalized spacial score (nSPS) is 42.1. The Balaban J connectivity index is 1.62. The Bertz CT molecular complexity index is 461. The predicted octanol–water partition coefficient (Wildman–Crippen LogP) is 3.45. The lowest BCUT2D eigenvalue weighted by Crippen LogP contribution is -2.22. The number of aryl methyl sites for hydroxylation is 2. The molecule has 18 heavy (non-hydrogen) atoms. The second kappa shape index (κ2) is 3.63. The van der Waals surface area contributed by atoms with Crippen molar-refractivity contribution in [3.8, 4) is 0 Å². The van der Waals surface area contributed by atoms with E-state index in [1.165, 1.54) is 24.8 Å². The highest BCUT2D eigenvalue weighted by atomic mass is 16.3. The van der Waals surface area contributed by atoms with Crippen LogP contribution >= 0.6 is 0 Å². The van der Waals surface area contributed by atoms with E-state index in [1.54, 1.807) is 0 Å². The predicted molar refractivity (Wildman–Crippen MR) is 71.3 cm³/mol. The summed E-state index contributed by atoms with van der Waals surface area (Å²) >= 11 is 0. The van der Waals surface area contributed by atoms with Crippen molar-refractivity contribution >= 4 is 0 Å². The van der Waals surface area contributed by atoms with Crippen LogP contribution in [0.2, 0.25) is 0 Å². The molecule has 0 radical (unpaired) electrons. The summed E-state index contributed by atoms with van der Waals surface area (Å²) in [6.45, 7) is 4.17. The zero-order chi connectivity index (χ0) is 12.4. The third-order valence-electron chi connectivity index (χ3n) is 5.91. The smallest absolute Gasteiger partial charge is 0.105 e. The molecular formula is C16H23NO. The molecule has 98 valence electrons. The fourth-order valence-corrected chi connectivity index (χ4v) is 5.35. The molecule has 1 N–H and O–H groups in total. The lowest BCUT2D eigenvalue weighted by atomic mass is 9.93. The van der Waals surface area contributed by atoms with Gasteiger partial charge in [0.05, 0.1) is 0 Å². The average molecular weight is 245 g/mol. The summed E-state index contributed by atoms with van der Waals surface area (Å²) in [6.07, 6.45) is 4.54. The summed E-state index contributed by atoms with van der Waals surface area (Å²) < 4.78 is 5.73. The highest BCUT2D eigenvalue weighted by molar-refractivity contribution is 5.29. The largest absolute Gasteiger partial charge is 0.466 e. The van der Waals surface area contributed by atoms with E-state index in [1.807, 2.05) is 0 Å². The minimum Gasteiger partial charge on any atom is -0.466 e. The quantitative estimate of drug-likeness (QED) is 0.882. The number of fused-ring (bicyclic) bond motifs is 5. The first-order chi connectivity index (χ1) is 8.70. The van der Waals surface area contributed by atoms with Crippen LogP contribution in [0.5, 0.6) is 0 Å². The molecule has 3 aliphatic rings. The summed E-state index contributed by atoms with van der Waals surface area (Å²) in [7, 11) is 2.11. The van der Waals surface area contributed by atoms with E-state index in [2.05, 4.69) is 32.3 Å². The van der Waals surface area contributed by atoms with Crippen LogP contribution in [0.3, 0.4) is 0 Å². The SMILES string of the molecule is CNC(c1cc(C)oc1C)C1C2C3CCC(C3)C21. The lowest BCUT2D eigenvalue weighted by Gasteiger charge is -2.19. The van der Waals surface area contributed by atoms with Crippen molar-refractivity contribution in [3.63, 3.8) is 0 Å². The second-order valence-corrected chi connectivity index (χ2v) is 6.70. The molecule has 2 nitrogen and oxygen atoms in total. The number of hydrogen-bond acceptors (Lipinski definition) is 2. The molecular weight excluding hydrogens is 222 g/mol. The Morgan fingerprint density at radius 2 is 1.89 bits per heavy atom. The van der Waals surface area contributed by atoms with Crippen molar-refractivity contribution in [3.05, 3.63) is 23.2 Å². The molecule has 0 saturated heterocycles. The van der Waals surface area contributed by atoms with Crippen molar-refractivity contribution in [1.82, 2.24) is 5.32 Å². The topological polar surface area (TPSA) is 25.2 Å². The number of rotatable bonds is 3. The average Bonchev–Trinajstić information content (AvgIpc) is 2.68. The van der Waals surface area contributed by atoms with Gasteiger partial charge in [0, 0.05) is 11.6 Å². The van der Waals surface area contributed by atoms with Crippen molar-refractivity contribution in [2.45, 2.75) is 39.2 Å². The van der Waals surface area contributed by atoms with Crippen molar-refractivity contribution < 1.29 is 4.42 Å². The molecule has 0 aliphatic heterocycles. The number of furan rings is 1. The third kappa shape index (κ3) is 1.33. The molecule has 1 aromatic rings. The van der Waals surface area contributed by atoms with Crippen molar-refractivity contribution in [2.24, 2.45) is 29.6 Å². The molecule has 1 heterocycles. The van der Waals surface area contributed by atoms with Crippen LogP contribution in [0.4, 0.5) is 0 Å². The molecule has 0 aromatic carbocycles. The van der Waals surface area contributed by atoms with Crippen LogP contribution < -0.4 is 5.32 Å². The number of nitrogens with one attached hydrogen (secondary N) is 1. The first-order valence-corrected chi connectivity index (χ1v) is 7.45. The van der Waals surface area contributed by atoms with Gasteiger partial charge in [0.25, 0.3) is 0 Å². The fraction of sp³-hybridized carbons (Fsp3) is 0.750. The Labute approximate surface area is 109 Å². The van der Waals surface area contributed by atoms with Crippen LogP contribution in [0.15, 0.2) is 10.5 Å². The summed E-state index contributed by atoms with van der Waals surface area (Å²) in [5.41, 5.74) is 1.41. The minimum atomic E-state index is 0.529. The van der Waals surface area contributed by atoms with Gasteiger partial charge in [-0.3, -0.25) is 0 Å². The maximum Gasteiger partial charge on any atom is 0.105 e. The van der Waals surface area contributed by atoms with Crippen LogP contribution in [0, 0.1) is 43.4 Å². The maximum absolute atomic E-state index is 5.73. The Morgan fingerprint density at radius 1 is 1.22 bits per heavy atom. The molecule has 3 aliphatic carbocycles. The maximum atomic E-state index is 5.73. The van der Waals surface area contributed by atoms with E-state index >= 15 is 0 Å². The third-order valence-corrected chi connectivity index (χ3v) is 5.91. The molecule has 3 saturated carbocycles. The van der Waals surface area contributed by atoms with Crippen LogP contribution in [-0.2, 0) is 0 Å². The number of hydrogen-bond donors (Lipinski definition) is 1. The Morgan fingerprint density at radius 3 is 2.39 bits per heavy atom. The minimum absolute atomic E-state index is 0.529. The highest BCUT2D eigenvalue weighted by Crippen LogP contribution is 2.72. The van der Waals surface area contributed by atoms with E-state index in [4.69, 9.17) is 4.42 Å². The van der Waals surface area contributed by atoms with Crippen LogP contribution in [0.25, 0.3) is 0 Å². The fourth-order valence-electron chi connectivity index (χ4n) is 5.35. The van der Waals surface area contributed by atoms with E-state index in [9.17, 15) is 0 Å². The van der Waals surface area contributed by atoms with Gasteiger partial charge in [-0.1, -0.05) is 0 Å². The zero-order valence-electron chi connectivity index (χ0n) is 11.6.